The highest BCUT2D eigenvalue weighted by atomic mass is 35.5. The molecule has 0 aliphatic carbocycles. The van der Waals surface area contributed by atoms with E-state index in [1.165, 1.54) is 13.8 Å². The average Bonchev–Trinajstić information content (AvgIpc) is 2.70. The van der Waals surface area contributed by atoms with Gasteiger partial charge in [-0.2, -0.15) is 0 Å². The van der Waals surface area contributed by atoms with Crippen LogP contribution in [0, 0.1) is 0 Å². The maximum atomic E-state index is 13.1. The number of benzene rings is 2. The van der Waals surface area contributed by atoms with E-state index in [1.54, 1.807) is 18.2 Å². The van der Waals surface area contributed by atoms with Crippen LogP contribution in [0.5, 0.6) is 0 Å². The molecule has 0 saturated carbocycles. The van der Waals surface area contributed by atoms with Gasteiger partial charge in [0.2, 0.25) is 0 Å². The van der Waals surface area contributed by atoms with Crippen LogP contribution in [0.3, 0.4) is 0 Å². The smallest absolute Gasteiger partial charge is 0.323 e. The van der Waals surface area contributed by atoms with Gasteiger partial charge in [0.25, 0.3) is 5.91 Å². The van der Waals surface area contributed by atoms with Crippen LogP contribution in [0.25, 0.3) is 0 Å². The van der Waals surface area contributed by atoms with E-state index in [-0.39, 0.29) is 0 Å². The number of benzodiazepines with no additional fused rings is 1. The summed E-state index contributed by atoms with van der Waals surface area (Å²) >= 11 is 6.17. The molecule has 2 aromatic rings. The summed E-state index contributed by atoms with van der Waals surface area (Å²) in [4.78, 5) is 30.2. The molecule has 0 radical (unpaired) electrons. The van der Waals surface area contributed by atoms with Crippen molar-refractivity contribution in [1.82, 2.24) is 0 Å². The number of carbonyl (C=O) groups is 2. The first-order valence-corrected chi connectivity index (χ1v) is 8.75. The Labute approximate surface area is 161 Å². The molecule has 1 aliphatic heterocycles. The van der Waals surface area contributed by atoms with Crippen LogP contribution in [0.1, 0.15) is 25.0 Å². The number of hydrogen-bond donors (Lipinski definition) is 2. The number of halogens is 1. The second-order valence-corrected chi connectivity index (χ2v) is 7.32. The molecule has 6 nitrogen and oxygen atoms in total. The number of anilines is 1. The van der Waals surface area contributed by atoms with Gasteiger partial charge in [-0.1, -0.05) is 41.9 Å². The standard InChI is InChI=1S/C20H19ClN2O4/c1-20(2,27)18-19(26)23(11-16(24)25)15-9-8-13(21)10-14(15)17(22-18)12-6-4-3-5-7-12/h3-10,18,27H,11H2,1-2H3,(H,24,25)/t18-/m1/s1. The van der Waals surface area contributed by atoms with Gasteiger partial charge in [0.1, 0.15) is 6.54 Å². The maximum absolute atomic E-state index is 13.1. The lowest BCUT2D eigenvalue weighted by atomic mass is 9.97. The van der Waals surface area contributed by atoms with Gasteiger partial charge in [0.05, 0.1) is 17.0 Å². The van der Waals surface area contributed by atoms with Gasteiger partial charge < -0.3 is 10.2 Å². The van der Waals surface area contributed by atoms with Crippen molar-refractivity contribution in [3.8, 4) is 0 Å². The topological polar surface area (TPSA) is 90.2 Å². The Balaban J connectivity index is 2.31. The number of carboxylic acids is 1. The van der Waals surface area contributed by atoms with Crippen LogP contribution >= 0.6 is 11.6 Å². The summed E-state index contributed by atoms with van der Waals surface area (Å²) < 4.78 is 0. The Bertz CT molecular complexity index is 919. The summed E-state index contributed by atoms with van der Waals surface area (Å²) in [7, 11) is 0. The molecule has 3 rings (SSSR count). The fourth-order valence-electron chi connectivity index (χ4n) is 3.04. The Kier molecular flexibility index (Phi) is 5.04. The minimum Gasteiger partial charge on any atom is -0.480 e. The normalized spacial score (nSPS) is 17.2. The van der Waals surface area contributed by atoms with E-state index < -0.39 is 30.1 Å². The number of amides is 1. The number of aliphatic hydroxyl groups is 1. The molecule has 2 aromatic carbocycles. The minimum absolute atomic E-state index is 0.390. The number of carbonyl (C=O) groups excluding carboxylic acids is 1. The first-order chi connectivity index (χ1) is 12.7. The zero-order valence-electron chi connectivity index (χ0n) is 14.9. The van der Waals surface area contributed by atoms with E-state index in [0.717, 1.165) is 10.5 Å². The molecular weight excluding hydrogens is 368 g/mol. The van der Waals surface area contributed by atoms with Gasteiger partial charge in [-0.05, 0) is 32.0 Å². The summed E-state index contributed by atoms with van der Waals surface area (Å²) in [5.41, 5.74) is 0.651. The summed E-state index contributed by atoms with van der Waals surface area (Å²) in [5, 5.41) is 20.3. The third-order valence-electron chi connectivity index (χ3n) is 4.27. The van der Waals surface area contributed by atoms with Crippen molar-refractivity contribution in [3.05, 3.63) is 64.7 Å². The molecule has 1 heterocycles. The Morgan fingerprint density at radius 1 is 1.22 bits per heavy atom. The molecule has 140 valence electrons. The number of hydrogen-bond acceptors (Lipinski definition) is 4. The van der Waals surface area contributed by atoms with E-state index in [4.69, 9.17) is 11.6 Å². The average molecular weight is 387 g/mol. The van der Waals surface area contributed by atoms with Crippen LogP contribution in [-0.2, 0) is 9.59 Å². The quantitative estimate of drug-likeness (QED) is 0.845. The van der Waals surface area contributed by atoms with Gasteiger partial charge in [-0.15, -0.1) is 0 Å². The molecule has 0 spiro atoms. The Morgan fingerprint density at radius 3 is 2.48 bits per heavy atom. The maximum Gasteiger partial charge on any atom is 0.323 e. The molecule has 1 aliphatic rings. The fraction of sp³-hybridized carbons (Fsp3) is 0.250. The second-order valence-electron chi connectivity index (χ2n) is 6.88. The highest BCUT2D eigenvalue weighted by Crippen LogP contribution is 2.33. The first kappa shape index (κ1) is 19.1. The number of rotatable bonds is 4. The summed E-state index contributed by atoms with van der Waals surface area (Å²) in [5.74, 6) is -1.75. The summed E-state index contributed by atoms with van der Waals surface area (Å²) in [6, 6.07) is 12.9. The van der Waals surface area contributed by atoms with Crippen LogP contribution in [-0.4, -0.2) is 46.0 Å². The van der Waals surface area contributed by atoms with Crippen molar-refractivity contribution in [2.45, 2.75) is 25.5 Å². The van der Waals surface area contributed by atoms with E-state index in [0.29, 0.717) is 22.0 Å². The zero-order valence-corrected chi connectivity index (χ0v) is 15.6. The van der Waals surface area contributed by atoms with E-state index >= 15 is 0 Å². The first-order valence-electron chi connectivity index (χ1n) is 8.37. The monoisotopic (exact) mass is 386 g/mol. The predicted molar refractivity (Wildman–Crippen MR) is 104 cm³/mol. The predicted octanol–water partition coefficient (Wildman–Crippen LogP) is 2.75. The SMILES string of the molecule is CC(C)(O)[C@@H]1N=C(c2ccccc2)c2cc(Cl)ccc2N(CC(=O)O)C1=O. The van der Waals surface area contributed by atoms with Crippen LogP contribution in [0.2, 0.25) is 5.02 Å². The number of carboxylic acid groups (broad SMARTS) is 1. The van der Waals surface area contributed by atoms with Gasteiger partial charge in [0.15, 0.2) is 6.04 Å². The van der Waals surface area contributed by atoms with Gasteiger partial charge in [-0.25, -0.2) is 0 Å². The molecule has 27 heavy (non-hydrogen) atoms. The number of nitrogens with zero attached hydrogens (tertiary/aromatic N) is 2. The lowest BCUT2D eigenvalue weighted by Gasteiger charge is -2.29. The van der Waals surface area contributed by atoms with Gasteiger partial charge >= 0.3 is 5.97 Å². The van der Waals surface area contributed by atoms with Crippen molar-refractivity contribution in [1.29, 1.82) is 0 Å². The molecule has 0 bridgehead atoms. The van der Waals surface area contributed by atoms with E-state index in [2.05, 4.69) is 4.99 Å². The van der Waals surface area contributed by atoms with E-state index in [1.807, 2.05) is 30.3 Å². The lowest BCUT2D eigenvalue weighted by Crippen LogP contribution is -2.49. The second kappa shape index (κ2) is 7.13. The Hall–Kier alpha value is -2.70. The van der Waals surface area contributed by atoms with Crippen molar-refractivity contribution in [2.75, 3.05) is 11.4 Å². The molecule has 1 atom stereocenters. The number of aliphatic imine (C=N–C) groups is 1. The fourth-order valence-corrected chi connectivity index (χ4v) is 3.21. The highest BCUT2D eigenvalue weighted by Gasteiger charge is 2.40. The minimum atomic E-state index is -1.49. The van der Waals surface area contributed by atoms with Crippen molar-refractivity contribution in [2.24, 2.45) is 4.99 Å². The number of aliphatic carboxylic acids is 1. The summed E-state index contributed by atoms with van der Waals surface area (Å²) in [6.45, 7) is 2.41. The molecule has 2 N–H and O–H groups in total. The molecule has 0 aromatic heterocycles. The lowest BCUT2D eigenvalue weighted by molar-refractivity contribution is -0.137. The van der Waals surface area contributed by atoms with Gasteiger partial charge in [-0.3, -0.25) is 19.5 Å². The highest BCUT2D eigenvalue weighted by molar-refractivity contribution is 6.32. The van der Waals surface area contributed by atoms with Crippen LogP contribution in [0.15, 0.2) is 53.5 Å². The molecule has 0 unspecified atom stereocenters. The molecule has 7 heteroatoms. The largest absolute Gasteiger partial charge is 0.480 e. The van der Waals surface area contributed by atoms with Crippen molar-refractivity contribution < 1.29 is 19.8 Å². The zero-order chi connectivity index (χ0) is 19.8. The summed E-state index contributed by atoms with van der Waals surface area (Å²) in [6.07, 6.45) is 0. The number of fused-ring (bicyclic) bond motifs is 1. The van der Waals surface area contributed by atoms with E-state index in [9.17, 15) is 19.8 Å². The van der Waals surface area contributed by atoms with Crippen LogP contribution < -0.4 is 4.90 Å². The molecular formula is C20H19ClN2O4. The van der Waals surface area contributed by atoms with Crippen molar-refractivity contribution >= 4 is 34.9 Å². The Morgan fingerprint density at radius 2 is 1.89 bits per heavy atom. The third kappa shape index (κ3) is 3.86. The van der Waals surface area contributed by atoms with Crippen LogP contribution in [0.4, 0.5) is 5.69 Å². The van der Waals surface area contributed by atoms with Gasteiger partial charge in [0, 0.05) is 16.1 Å². The third-order valence-corrected chi connectivity index (χ3v) is 4.51. The molecule has 0 saturated heterocycles. The molecule has 1 amide bonds. The van der Waals surface area contributed by atoms with Crippen molar-refractivity contribution in [3.63, 3.8) is 0 Å². The molecule has 0 fully saturated rings.